The van der Waals surface area contributed by atoms with Crippen LogP contribution in [0, 0.1) is 0 Å². The first-order valence-corrected chi connectivity index (χ1v) is 7.65. The van der Waals surface area contributed by atoms with Crippen LogP contribution in [0.1, 0.15) is 13.3 Å². The van der Waals surface area contributed by atoms with E-state index in [1.165, 1.54) is 18.2 Å². The lowest BCUT2D eigenvalue weighted by Gasteiger charge is -2.15. The van der Waals surface area contributed by atoms with Gasteiger partial charge in [0.15, 0.2) is 0 Å². The SMILES string of the molecule is CCNS(=O)(=O)c1ccc(N)c(OC2CCOC2)c1. The average Bonchev–Trinajstić information content (AvgIpc) is 2.84. The van der Waals surface area contributed by atoms with Gasteiger partial charge in [0.2, 0.25) is 10.0 Å². The van der Waals surface area contributed by atoms with Crippen LogP contribution < -0.4 is 15.2 Å². The molecule has 0 radical (unpaired) electrons. The van der Waals surface area contributed by atoms with Gasteiger partial charge in [0.25, 0.3) is 0 Å². The summed E-state index contributed by atoms with van der Waals surface area (Å²) in [5.74, 6) is 0.384. The van der Waals surface area contributed by atoms with Gasteiger partial charge in [0.1, 0.15) is 11.9 Å². The molecule has 1 unspecified atom stereocenters. The van der Waals surface area contributed by atoms with Crippen molar-refractivity contribution in [3.8, 4) is 5.75 Å². The summed E-state index contributed by atoms with van der Waals surface area (Å²) in [4.78, 5) is 0.150. The first-order chi connectivity index (χ1) is 9.03. The van der Waals surface area contributed by atoms with Crippen LogP contribution in [0.15, 0.2) is 23.1 Å². The Morgan fingerprint density at radius 2 is 2.32 bits per heavy atom. The highest BCUT2D eigenvalue weighted by Gasteiger charge is 2.20. The quantitative estimate of drug-likeness (QED) is 0.779. The van der Waals surface area contributed by atoms with Crippen molar-refractivity contribution in [2.75, 3.05) is 25.5 Å². The number of nitrogens with two attached hydrogens (primary N) is 1. The fourth-order valence-corrected chi connectivity index (χ4v) is 2.90. The zero-order chi connectivity index (χ0) is 13.9. The monoisotopic (exact) mass is 286 g/mol. The molecule has 0 saturated carbocycles. The number of nitrogens with one attached hydrogen (secondary N) is 1. The van der Waals surface area contributed by atoms with E-state index in [2.05, 4.69) is 4.72 Å². The average molecular weight is 286 g/mol. The van der Waals surface area contributed by atoms with E-state index in [0.717, 1.165) is 6.42 Å². The summed E-state index contributed by atoms with van der Waals surface area (Å²) in [7, 11) is -3.50. The molecule has 1 fully saturated rings. The van der Waals surface area contributed by atoms with Crippen molar-refractivity contribution in [3.05, 3.63) is 18.2 Å². The topological polar surface area (TPSA) is 90.7 Å². The Labute approximate surface area is 112 Å². The molecule has 1 atom stereocenters. The maximum atomic E-state index is 11.9. The van der Waals surface area contributed by atoms with Crippen LogP contribution in [0.25, 0.3) is 0 Å². The van der Waals surface area contributed by atoms with Gasteiger partial charge in [-0.15, -0.1) is 0 Å². The molecule has 7 heteroatoms. The van der Waals surface area contributed by atoms with E-state index < -0.39 is 10.0 Å². The van der Waals surface area contributed by atoms with Crippen molar-refractivity contribution in [2.45, 2.75) is 24.3 Å². The summed E-state index contributed by atoms with van der Waals surface area (Å²) in [5.41, 5.74) is 6.22. The van der Waals surface area contributed by atoms with Gasteiger partial charge < -0.3 is 15.2 Å². The minimum absolute atomic E-state index is 0.0700. The molecule has 0 aromatic heterocycles. The van der Waals surface area contributed by atoms with Gasteiger partial charge in [-0.2, -0.15) is 0 Å². The molecule has 1 heterocycles. The van der Waals surface area contributed by atoms with Crippen molar-refractivity contribution in [3.63, 3.8) is 0 Å². The lowest BCUT2D eigenvalue weighted by atomic mass is 10.2. The molecule has 0 amide bonds. The van der Waals surface area contributed by atoms with E-state index in [0.29, 0.717) is 31.2 Å². The Bertz CT molecular complexity index is 539. The second-order valence-electron chi connectivity index (χ2n) is 4.30. The number of ether oxygens (including phenoxy) is 2. The maximum Gasteiger partial charge on any atom is 0.240 e. The Morgan fingerprint density at radius 1 is 1.53 bits per heavy atom. The molecule has 1 aromatic carbocycles. The number of rotatable bonds is 5. The number of benzene rings is 1. The van der Waals surface area contributed by atoms with Crippen molar-refractivity contribution in [2.24, 2.45) is 0 Å². The molecular formula is C12H18N2O4S. The minimum Gasteiger partial charge on any atom is -0.486 e. The molecule has 6 nitrogen and oxygen atoms in total. The molecule has 1 aliphatic heterocycles. The van der Waals surface area contributed by atoms with E-state index >= 15 is 0 Å². The Kier molecular flexibility index (Phi) is 4.28. The molecule has 1 saturated heterocycles. The highest BCUT2D eigenvalue weighted by molar-refractivity contribution is 7.89. The number of hydrogen-bond donors (Lipinski definition) is 2. The van der Waals surface area contributed by atoms with Crippen LogP contribution in [-0.4, -0.2) is 34.3 Å². The van der Waals surface area contributed by atoms with Gasteiger partial charge >= 0.3 is 0 Å². The second kappa shape index (κ2) is 5.77. The van der Waals surface area contributed by atoms with Gasteiger partial charge in [0.05, 0.1) is 23.8 Å². The lowest BCUT2D eigenvalue weighted by Crippen LogP contribution is -2.23. The van der Waals surface area contributed by atoms with E-state index in [9.17, 15) is 8.42 Å². The van der Waals surface area contributed by atoms with Crippen molar-refractivity contribution < 1.29 is 17.9 Å². The third-order valence-electron chi connectivity index (χ3n) is 2.81. The number of sulfonamides is 1. The molecule has 1 aromatic rings. The zero-order valence-corrected chi connectivity index (χ0v) is 11.6. The molecule has 19 heavy (non-hydrogen) atoms. The van der Waals surface area contributed by atoms with Crippen LogP contribution in [0.3, 0.4) is 0 Å². The summed E-state index contributed by atoms with van der Waals surface area (Å²) >= 11 is 0. The molecule has 1 aliphatic rings. The van der Waals surface area contributed by atoms with Crippen LogP contribution in [0.5, 0.6) is 5.75 Å². The molecule has 0 aliphatic carbocycles. The fraction of sp³-hybridized carbons (Fsp3) is 0.500. The standard InChI is InChI=1S/C12H18N2O4S/c1-2-14-19(15,16)10-3-4-11(13)12(7-10)18-9-5-6-17-8-9/h3-4,7,9,14H,2,5-6,8,13H2,1H3. The Morgan fingerprint density at radius 3 is 2.95 bits per heavy atom. The summed E-state index contributed by atoms with van der Waals surface area (Å²) in [6.07, 6.45) is 0.711. The number of anilines is 1. The predicted octanol–water partition coefficient (Wildman–Crippen LogP) is 0.735. The Hall–Kier alpha value is -1.31. The fourth-order valence-electron chi connectivity index (χ4n) is 1.84. The van der Waals surface area contributed by atoms with E-state index in [1.54, 1.807) is 6.92 Å². The number of hydrogen-bond acceptors (Lipinski definition) is 5. The zero-order valence-electron chi connectivity index (χ0n) is 10.8. The van der Waals surface area contributed by atoms with Crippen LogP contribution in [0.2, 0.25) is 0 Å². The predicted molar refractivity (Wildman–Crippen MR) is 71.6 cm³/mol. The first-order valence-electron chi connectivity index (χ1n) is 6.16. The molecule has 3 N–H and O–H groups in total. The lowest BCUT2D eigenvalue weighted by molar-refractivity contribution is 0.141. The van der Waals surface area contributed by atoms with Gasteiger partial charge in [-0.1, -0.05) is 6.92 Å². The van der Waals surface area contributed by atoms with Gasteiger partial charge in [-0.3, -0.25) is 0 Å². The smallest absolute Gasteiger partial charge is 0.240 e. The highest BCUT2D eigenvalue weighted by atomic mass is 32.2. The number of nitrogen functional groups attached to an aromatic ring is 1. The summed E-state index contributed by atoms with van der Waals surface area (Å²) in [6.45, 7) is 3.21. The van der Waals surface area contributed by atoms with E-state index in [-0.39, 0.29) is 11.0 Å². The van der Waals surface area contributed by atoms with Crippen molar-refractivity contribution in [1.82, 2.24) is 4.72 Å². The van der Waals surface area contributed by atoms with Gasteiger partial charge in [-0.05, 0) is 12.1 Å². The third kappa shape index (κ3) is 3.37. The Balaban J connectivity index is 2.23. The molecule has 106 valence electrons. The van der Waals surface area contributed by atoms with Gasteiger partial charge in [-0.25, -0.2) is 13.1 Å². The molecule has 0 bridgehead atoms. The third-order valence-corrected chi connectivity index (χ3v) is 4.35. The summed E-state index contributed by atoms with van der Waals surface area (Å²) in [6, 6.07) is 4.45. The summed E-state index contributed by atoms with van der Waals surface area (Å²) in [5, 5.41) is 0. The second-order valence-corrected chi connectivity index (χ2v) is 6.07. The van der Waals surface area contributed by atoms with Crippen LogP contribution in [-0.2, 0) is 14.8 Å². The highest BCUT2D eigenvalue weighted by Crippen LogP contribution is 2.27. The summed E-state index contributed by atoms with van der Waals surface area (Å²) < 4.78 is 37.1. The molecule has 2 rings (SSSR count). The molecular weight excluding hydrogens is 268 g/mol. The van der Waals surface area contributed by atoms with Gasteiger partial charge in [0, 0.05) is 19.0 Å². The maximum absolute atomic E-state index is 11.9. The minimum atomic E-state index is -3.50. The van der Waals surface area contributed by atoms with E-state index in [4.69, 9.17) is 15.2 Å². The largest absolute Gasteiger partial charge is 0.486 e. The first kappa shape index (κ1) is 14.1. The molecule has 0 spiro atoms. The normalized spacial score (nSPS) is 19.5. The van der Waals surface area contributed by atoms with Crippen molar-refractivity contribution >= 4 is 15.7 Å². The van der Waals surface area contributed by atoms with Crippen molar-refractivity contribution in [1.29, 1.82) is 0 Å². The van der Waals surface area contributed by atoms with Crippen LogP contribution in [0.4, 0.5) is 5.69 Å². The van der Waals surface area contributed by atoms with Crippen LogP contribution >= 0.6 is 0 Å². The van der Waals surface area contributed by atoms with E-state index in [1.807, 2.05) is 0 Å².